The van der Waals surface area contributed by atoms with Crippen molar-refractivity contribution in [3.05, 3.63) is 12.2 Å². The van der Waals surface area contributed by atoms with Crippen LogP contribution in [0.4, 0.5) is 0 Å². The lowest BCUT2D eigenvalue weighted by atomic mass is 9.77. The lowest BCUT2D eigenvalue weighted by Crippen LogP contribution is -2.41. The van der Waals surface area contributed by atoms with Crippen molar-refractivity contribution in [2.24, 2.45) is 5.92 Å². The van der Waals surface area contributed by atoms with Crippen LogP contribution in [0.15, 0.2) is 12.2 Å². The van der Waals surface area contributed by atoms with Gasteiger partial charge in [0.25, 0.3) is 0 Å². The van der Waals surface area contributed by atoms with E-state index in [0.29, 0.717) is 0 Å². The Bertz CT molecular complexity index is 311. The van der Waals surface area contributed by atoms with E-state index < -0.39 is 17.5 Å². The summed E-state index contributed by atoms with van der Waals surface area (Å²) in [4.78, 5) is 21.9. The minimum Gasteiger partial charge on any atom is -0.478 e. The van der Waals surface area contributed by atoms with Gasteiger partial charge in [0.1, 0.15) is 5.60 Å². The Morgan fingerprint density at radius 2 is 1.76 bits per heavy atom. The van der Waals surface area contributed by atoms with Gasteiger partial charge < -0.3 is 9.84 Å². The van der Waals surface area contributed by atoms with E-state index in [1.807, 2.05) is 13.8 Å². The maximum atomic E-state index is 11.6. The zero-order valence-electron chi connectivity index (χ0n) is 10.4. The molecule has 0 aromatic heterocycles. The van der Waals surface area contributed by atoms with Crippen LogP contribution in [0.1, 0.15) is 46.0 Å². The molecule has 0 aromatic carbocycles. The molecule has 1 rings (SSSR count). The van der Waals surface area contributed by atoms with Crippen molar-refractivity contribution in [1.82, 2.24) is 0 Å². The summed E-state index contributed by atoms with van der Waals surface area (Å²) in [5.41, 5.74) is -0.405. The summed E-state index contributed by atoms with van der Waals surface area (Å²) in [5, 5.41) is 8.45. The van der Waals surface area contributed by atoms with Crippen LogP contribution in [0.3, 0.4) is 0 Å². The molecule has 4 heteroatoms. The van der Waals surface area contributed by atoms with Gasteiger partial charge in [0.2, 0.25) is 0 Å². The van der Waals surface area contributed by atoms with Crippen molar-refractivity contribution < 1.29 is 19.4 Å². The number of carboxylic acid groups (broad SMARTS) is 1. The number of hydrogen-bond acceptors (Lipinski definition) is 3. The number of aliphatic carboxylic acids is 1. The van der Waals surface area contributed by atoms with Gasteiger partial charge in [-0.05, 0) is 31.6 Å². The highest BCUT2D eigenvalue weighted by molar-refractivity contribution is 5.90. The molecular formula is C13H20O4. The zero-order chi connectivity index (χ0) is 12.9. The molecule has 0 spiro atoms. The van der Waals surface area contributed by atoms with Crippen LogP contribution in [0.5, 0.6) is 0 Å². The monoisotopic (exact) mass is 240 g/mol. The minimum atomic E-state index is -1.14. The molecule has 1 N–H and O–H groups in total. The predicted molar refractivity (Wildman–Crippen MR) is 63.5 cm³/mol. The first-order valence-electron chi connectivity index (χ1n) is 6.10. The lowest BCUT2D eigenvalue weighted by molar-refractivity contribution is -0.163. The van der Waals surface area contributed by atoms with Crippen LogP contribution in [-0.4, -0.2) is 22.6 Å². The van der Waals surface area contributed by atoms with E-state index in [1.54, 1.807) is 0 Å². The summed E-state index contributed by atoms with van der Waals surface area (Å²) in [6, 6.07) is 0. The van der Waals surface area contributed by atoms with Crippen LogP contribution >= 0.6 is 0 Å². The first-order valence-corrected chi connectivity index (χ1v) is 6.10. The molecule has 17 heavy (non-hydrogen) atoms. The molecule has 0 bridgehead atoms. The summed E-state index contributed by atoms with van der Waals surface area (Å²) in [5.74, 6) is -1.43. The summed E-state index contributed by atoms with van der Waals surface area (Å²) < 4.78 is 5.50. The smallest absolute Gasteiger partial charge is 0.331 e. The number of carbonyl (C=O) groups excluding carboxylic acids is 1. The van der Waals surface area contributed by atoms with Gasteiger partial charge in [0, 0.05) is 12.2 Å². The highest BCUT2D eigenvalue weighted by atomic mass is 16.6. The molecule has 0 radical (unpaired) electrons. The van der Waals surface area contributed by atoms with E-state index >= 15 is 0 Å². The molecule has 4 nitrogen and oxygen atoms in total. The second-order valence-corrected chi connectivity index (χ2v) is 4.87. The number of rotatable bonds is 4. The van der Waals surface area contributed by atoms with Crippen molar-refractivity contribution in [2.75, 3.05) is 0 Å². The average Bonchev–Trinajstić information content (AvgIpc) is 2.27. The third kappa shape index (κ3) is 3.88. The molecule has 0 atom stereocenters. The Balaban J connectivity index is 2.67. The number of esters is 1. The molecule has 1 aliphatic carbocycles. The highest BCUT2D eigenvalue weighted by Gasteiger charge is 2.38. The number of hydrogen-bond donors (Lipinski definition) is 1. The fourth-order valence-electron chi connectivity index (χ4n) is 2.32. The zero-order valence-corrected chi connectivity index (χ0v) is 10.4. The molecule has 0 aliphatic heterocycles. The number of ether oxygens (including phenoxy) is 1. The summed E-state index contributed by atoms with van der Waals surface area (Å²) >= 11 is 0. The van der Waals surface area contributed by atoms with Gasteiger partial charge in [-0.3, -0.25) is 0 Å². The molecule has 0 amide bonds. The average molecular weight is 240 g/mol. The maximum Gasteiger partial charge on any atom is 0.331 e. The highest BCUT2D eigenvalue weighted by Crippen LogP contribution is 2.37. The maximum absolute atomic E-state index is 11.6. The van der Waals surface area contributed by atoms with Crippen LogP contribution in [0.2, 0.25) is 0 Å². The first-order chi connectivity index (χ1) is 7.96. The minimum absolute atomic E-state index is 0.255. The molecule has 96 valence electrons. The fourth-order valence-corrected chi connectivity index (χ4v) is 2.32. The van der Waals surface area contributed by atoms with Crippen molar-refractivity contribution in [1.29, 1.82) is 0 Å². The number of carbonyl (C=O) groups is 2. The molecule has 1 saturated carbocycles. The molecule has 0 heterocycles. The van der Waals surface area contributed by atoms with E-state index in [2.05, 4.69) is 0 Å². The second-order valence-electron chi connectivity index (χ2n) is 4.87. The molecule has 1 aliphatic rings. The standard InChI is InChI=1S/C13H20O4/c1-10(2)13(8-4-3-5-9-13)17-12(16)7-6-11(14)15/h6-7,10H,3-5,8-9H2,1-2H3,(H,14,15)/b7-6+. The van der Waals surface area contributed by atoms with Gasteiger partial charge in [-0.2, -0.15) is 0 Å². The fraction of sp³-hybridized carbons (Fsp3) is 0.692. The van der Waals surface area contributed by atoms with Gasteiger partial charge in [-0.15, -0.1) is 0 Å². The van der Waals surface area contributed by atoms with Crippen LogP contribution in [-0.2, 0) is 14.3 Å². The Labute approximate surface area is 102 Å². The largest absolute Gasteiger partial charge is 0.478 e. The van der Waals surface area contributed by atoms with E-state index in [1.165, 1.54) is 6.42 Å². The summed E-state index contributed by atoms with van der Waals surface area (Å²) in [6.45, 7) is 4.08. The third-order valence-electron chi connectivity index (χ3n) is 3.42. The molecule has 1 fully saturated rings. The molecule has 0 aromatic rings. The van der Waals surface area contributed by atoms with E-state index in [-0.39, 0.29) is 5.92 Å². The van der Waals surface area contributed by atoms with E-state index in [9.17, 15) is 9.59 Å². The van der Waals surface area contributed by atoms with Gasteiger partial charge in [-0.1, -0.05) is 20.3 Å². The van der Waals surface area contributed by atoms with E-state index in [4.69, 9.17) is 9.84 Å². The molecule has 0 saturated heterocycles. The topological polar surface area (TPSA) is 63.6 Å². The van der Waals surface area contributed by atoms with Crippen LogP contribution < -0.4 is 0 Å². The van der Waals surface area contributed by atoms with Gasteiger partial charge in [0.05, 0.1) is 0 Å². The normalized spacial score (nSPS) is 19.5. The third-order valence-corrected chi connectivity index (χ3v) is 3.42. The number of carboxylic acids is 1. The van der Waals surface area contributed by atoms with Crippen molar-refractivity contribution in [2.45, 2.75) is 51.6 Å². The van der Waals surface area contributed by atoms with Crippen LogP contribution in [0.25, 0.3) is 0 Å². The van der Waals surface area contributed by atoms with Gasteiger partial charge in [0.15, 0.2) is 0 Å². The summed E-state index contributed by atoms with van der Waals surface area (Å²) in [6.07, 6.45) is 6.86. The Kier molecular flexibility index (Phi) is 4.73. The van der Waals surface area contributed by atoms with E-state index in [0.717, 1.165) is 37.8 Å². The van der Waals surface area contributed by atoms with Crippen LogP contribution in [0, 0.1) is 5.92 Å². The van der Waals surface area contributed by atoms with Gasteiger partial charge >= 0.3 is 11.9 Å². The van der Waals surface area contributed by atoms with Crippen molar-refractivity contribution in [3.63, 3.8) is 0 Å². The van der Waals surface area contributed by atoms with Gasteiger partial charge in [-0.25, -0.2) is 9.59 Å². The van der Waals surface area contributed by atoms with Crippen molar-refractivity contribution >= 4 is 11.9 Å². The summed E-state index contributed by atoms with van der Waals surface area (Å²) in [7, 11) is 0. The molecular weight excluding hydrogens is 220 g/mol. The second kappa shape index (κ2) is 5.84. The first kappa shape index (κ1) is 13.7. The Hall–Kier alpha value is -1.32. The quantitative estimate of drug-likeness (QED) is 0.606. The SMILES string of the molecule is CC(C)C1(OC(=O)/C=C/C(=O)O)CCCCC1. The Morgan fingerprint density at radius 1 is 1.18 bits per heavy atom. The predicted octanol–water partition coefficient (Wildman–Crippen LogP) is 2.53. The lowest BCUT2D eigenvalue weighted by Gasteiger charge is -2.39. The Morgan fingerprint density at radius 3 is 2.24 bits per heavy atom. The molecule has 0 unspecified atom stereocenters. The van der Waals surface area contributed by atoms with Crippen molar-refractivity contribution in [3.8, 4) is 0 Å².